The van der Waals surface area contributed by atoms with Crippen molar-refractivity contribution in [3.8, 4) is 0 Å². The first-order chi connectivity index (χ1) is 30.1. The molecule has 3 rings (SSSR count). The van der Waals surface area contributed by atoms with E-state index in [0.29, 0.717) is 25.8 Å². The van der Waals surface area contributed by atoms with Crippen molar-refractivity contribution in [3.05, 3.63) is 65.7 Å². The van der Waals surface area contributed by atoms with Gasteiger partial charge in [-0.15, -0.1) is 0 Å². The molecule has 15 heteroatoms. The molecule has 1 aliphatic rings. The minimum absolute atomic E-state index is 0.0208. The zero-order chi connectivity index (χ0) is 48.1. The molecule has 1 aliphatic heterocycles. The van der Waals surface area contributed by atoms with Crippen molar-refractivity contribution in [2.75, 3.05) is 41.9 Å². The average molecular weight is 912 g/mol. The normalized spacial score (nSPS) is 18.2. The Morgan fingerprint density at radius 1 is 0.828 bits per heavy atom. The van der Waals surface area contributed by atoms with E-state index in [1.165, 1.54) is 19.2 Å². The molecule has 358 valence electrons. The number of carbonyl (C=O) groups excluding carboxylic acids is 5. The molecule has 0 bridgehead atoms. The molecule has 2 aromatic rings. The zero-order valence-corrected chi connectivity index (χ0v) is 41.2. The van der Waals surface area contributed by atoms with Crippen LogP contribution in [-0.2, 0) is 56.4 Å². The van der Waals surface area contributed by atoms with Crippen LogP contribution in [0, 0.1) is 35.5 Å². The maximum Gasteiger partial charge on any atom is 0.264 e. The lowest BCUT2D eigenvalue weighted by Crippen LogP contribution is -2.54. The minimum atomic E-state index is -4.25. The Hall–Kier alpha value is -4.02. The molecule has 0 radical (unpaired) electrons. The summed E-state index contributed by atoms with van der Waals surface area (Å²) in [5.74, 6) is -3.86. The van der Waals surface area contributed by atoms with Crippen LogP contribution in [0.5, 0.6) is 0 Å². The third kappa shape index (κ3) is 14.2. The molecule has 3 N–H and O–H groups in total. The summed E-state index contributed by atoms with van der Waals surface area (Å²) in [6.07, 6.45) is 0.526. The molecule has 0 saturated carbocycles. The van der Waals surface area contributed by atoms with Gasteiger partial charge in [-0.1, -0.05) is 97.4 Å². The summed E-state index contributed by atoms with van der Waals surface area (Å²) in [5.41, 5.74) is 7.17. The minimum Gasteiger partial charge on any atom is -0.379 e. The quantitative estimate of drug-likeness (QED) is 0.121. The van der Waals surface area contributed by atoms with Gasteiger partial charge in [-0.2, -0.15) is 0 Å². The number of likely N-dealkylation sites (N-methyl/N-ethyl adjacent to an activating group) is 2. The Kier molecular flexibility index (Phi) is 21.3. The predicted molar refractivity (Wildman–Crippen MR) is 249 cm³/mol. The molecule has 1 heterocycles. The largest absolute Gasteiger partial charge is 0.379 e. The number of likely N-dealkylation sites (tertiary alicyclic amines) is 1. The van der Waals surface area contributed by atoms with E-state index >= 15 is 0 Å². The van der Waals surface area contributed by atoms with Crippen LogP contribution in [0.2, 0.25) is 0 Å². The average Bonchev–Trinajstić information content (AvgIpc) is 3.74. The monoisotopic (exact) mass is 912 g/mol. The number of sulfonamides is 1. The Balaban J connectivity index is 1.83. The molecule has 0 spiro atoms. The molecule has 0 aliphatic carbocycles. The molecule has 64 heavy (non-hydrogen) atoms. The smallest absolute Gasteiger partial charge is 0.264 e. The summed E-state index contributed by atoms with van der Waals surface area (Å²) < 4.78 is 40.9. The van der Waals surface area contributed by atoms with E-state index in [2.05, 4.69) is 4.72 Å². The van der Waals surface area contributed by atoms with Crippen molar-refractivity contribution in [1.29, 1.82) is 0 Å². The maximum absolute atomic E-state index is 14.4. The third-order valence-electron chi connectivity index (χ3n) is 13.3. The Labute approximate surface area is 383 Å². The number of hydrogen-bond acceptors (Lipinski definition) is 11. The first-order valence-corrected chi connectivity index (χ1v) is 24.3. The molecule has 1 unspecified atom stereocenters. The fourth-order valence-corrected chi connectivity index (χ4v) is 10.5. The molecular weight excluding hydrogens is 835 g/mol. The van der Waals surface area contributed by atoms with Crippen LogP contribution < -0.4 is 10.5 Å². The Morgan fingerprint density at radius 3 is 1.97 bits per heavy atom. The standard InChI is InChI=1S/C49H77N5O9S/c1-13-33(6)46(53(10)49(59)39(31(2)3)28-42(56)45(32(4)5)52(8)9)43(62-11)29-44(57)54-25-17-20-40(54)47(63-12)34(7)41(55)27-37(26-35-18-15-14-16-19-35)48(58)51-64(60,61)38-23-21-36(30-50)22-24-38/h14-16,18-19,21-24,31-34,37,39-40,43,45-47H,13,17,20,25-30,50H2,1-12H3,(H,51,58)/t33-,34-,37+,39-,40-,43+,45-,46?,47+/m0/s1. The fourth-order valence-electron chi connectivity index (χ4n) is 9.47. The highest BCUT2D eigenvalue weighted by atomic mass is 32.2. The summed E-state index contributed by atoms with van der Waals surface area (Å²) in [4.78, 5) is 75.7. The van der Waals surface area contributed by atoms with Gasteiger partial charge in [0, 0.05) is 65.0 Å². The number of ether oxygens (including phenoxy) is 2. The number of nitrogens with one attached hydrogen (secondary N) is 1. The number of carbonyl (C=O) groups is 5. The second-order valence-corrected chi connectivity index (χ2v) is 20.3. The van der Waals surface area contributed by atoms with Crippen molar-refractivity contribution in [2.24, 2.45) is 41.2 Å². The Morgan fingerprint density at radius 2 is 1.45 bits per heavy atom. The van der Waals surface area contributed by atoms with E-state index in [1.54, 1.807) is 43.0 Å². The first-order valence-electron chi connectivity index (χ1n) is 22.9. The number of Topliss-reactive ketones (excluding diaryl/α,β-unsaturated/α-hetero) is 2. The molecule has 0 aromatic heterocycles. The van der Waals surface area contributed by atoms with Crippen molar-refractivity contribution in [2.45, 2.75) is 135 Å². The van der Waals surface area contributed by atoms with Gasteiger partial charge in [0.2, 0.25) is 17.7 Å². The molecule has 2 aromatic carbocycles. The summed E-state index contributed by atoms with van der Waals surface area (Å²) in [5, 5.41) is 0. The van der Waals surface area contributed by atoms with Crippen LogP contribution in [0.4, 0.5) is 0 Å². The van der Waals surface area contributed by atoms with E-state index in [-0.39, 0.29) is 84.3 Å². The number of hydrogen-bond donors (Lipinski definition) is 2. The number of nitrogens with zero attached hydrogens (tertiary/aromatic N) is 3. The molecule has 1 saturated heterocycles. The number of methoxy groups -OCH3 is 2. The van der Waals surface area contributed by atoms with Gasteiger partial charge in [-0.05, 0) is 74.4 Å². The van der Waals surface area contributed by atoms with E-state index in [0.717, 1.165) is 11.1 Å². The number of benzene rings is 2. The number of amides is 3. The number of nitrogens with two attached hydrogens (primary N) is 1. The molecular formula is C49H77N5O9S. The van der Waals surface area contributed by atoms with Crippen molar-refractivity contribution >= 4 is 39.3 Å². The van der Waals surface area contributed by atoms with Gasteiger partial charge in [0.25, 0.3) is 10.0 Å². The van der Waals surface area contributed by atoms with Crippen LogP contribution >= 0.6 is 0 Å². The Bertz CT molecular complexity index is 1930. The lowest BCUT2D eigenvalue weighted by atomic mass is 9.83. The maximum atomic E-state index is 14.4. The molecule has 1 fully saturated rings. The lowest BCUT2D eigenvalue weighted by Gasteiger charge is -2.41. The summed E-state index contributed by atoms with van der Waals surface area (Å²) in [7, 11) is 4.30. The van der Waals surface area contributed by atoms with E-state index in [9.17, 15) is 32.4 Å². The molecule has 9 atom stereocenters. The topological polar surface area (TPSA) is 186 Å². The third-order valence-corrected chi connectivity index (χ3v) is 14.6. The van der Waals surface area contributed by atoms with Crippen LogP contribution in [0.25, 0.3) is 0 Å². The highest BCUT2D eigenvalue weighted by Gasteiger charge is 2.43. The summed E-state index contributed by atoms with van der Waals surface area (Å²) in [6, 6.07) is 13.8. The predicted octanol–water partition coefficient (Wildman–Crippen LogP) is 5.51. The van der Waals surface area contributed by atoms with Gasteiger partial charge < -0.3 is 25.0 Å². The number of ketones is 2. The van der Waals surface area contributed by atoms with E-state index in [1.807, 2.05) is 90.9 Å². The molecule has 3 amide bonds. The van der Waals surface area contributed by atoms with Gasteiger partial charge >= 0.3 is 0 Å². The van der Waals surface area contributed by atoms with Crippen LogP contribution in [0.3, 0.4) is 0 Å². The highest BCUT2D eigenvalue weighted by molar-refractivity contribution is 7.90. The van der Waals surface area contributed by atoms with Gasteiger partial charge in [-0.25, -0.2) is 13.1 Å². The van der Waals surface area contributed by atoms with E-state index < -0.39 is 58.0 Å². The van der Waals surface area contributed by atoms with Crippen molar-refractivity contribution in [3.63, 3.8) is 0 Å². The van der Waals surface area contributed by atoms with Crippen LogP contribution in [0.1, 0.15) is 98.1 Å². The van der Waals surface area contributed by atoms with Gasteiger partial charge in [0.05, 0.1) is 41.6 Å². The van der Waals surface area contributed by atoms with Gasteiger partial charge in [0.1, 0.15) is 5.78 Å². The first kappa shape index (κ1) is 54.3. The second-order valence-electron chi connectivity index (χ2n) is 18.6. The summed E-state index contributed by atoms with van der Waals surface area (Å²) in [6.45, 7) is 14.4. The summed E-state index contributed by atoms with van der Waals surface area (Å²) >= 11 is 0. The van der Waals surface area contributed by atoms with Crippen molar-refractivity contribution < 1.29 is 41.9 Å². The highest BCUT2D eigenvalue weighted by Crippen LogP contribution is 2.32. The van der Waals surface area contributed by atoms with Crippen molar-refractivity contribution in [1.82, 2.24) is 19.4 Å². The van der Waals surface area contributed by atoms with Crippen LogP contribution in [-0.4, -0.2) is 125 Å². The molecule has 14 nitrogen and oxygen atoms in total. The second kappa shape index (κ2) is 25.0. The van der Waals surface area contributed by atoms with E-state index in [4.69, 9.17) is 15.2 Å². The van der Waals surface area contributed by atoms with Gasteiger partial charge in [0.15, 0.2) is 5.78 Å². The van der Waals surface area contributed by atoms with Crippen LogP contribution in [0.15, 0.2) is 59.5 Å². The van der Waals surface area contributed by atoms with Gasteiger partial charge in [-0.3, -0.25) is 28.9 Å². The fraction of sp³-hybridized carbons (Fsp3) is 0.653. The number of rotatable bonds is 26. The lowest BCUT2D eigenvalue weighted by molar-refractivity contribution is -0.149. The SMILES string of the molecule is CC[C@H](C)C([C@@H](CC(=O)N1CCC[C@H]1[C@H](OC)[C@@H](C)C(=O)C[C@@H](Cc1ccccc1)C(=O)NS(=O)(=O)c1ccc(CN)cc1)OC)N(C)C(=O)[C@@H](CC(=O)[C@H](C(C)C)N(C)C)C(C)C. The zero-order valence-electron chi connectivity index (χ0n) is 40.4.